The molecular weight excluding hydrogens is 350 g/mol. The van der Waals surface area contributed by atoms with E-state index >= 15 is 0 Å². The molecule has 1 aromatic heterocycles. The minimum atomic E-state index is -1.07. The number of ether oxygens (including phenoxy) is 2. The molecule has 1 amide bonds. The van der Waals surface area contributed by atoms with Crippen molar-refractivity contribution in [1.29, 1.82) is 0 Å². The number of carbonyl (C=O) groups excluding carboxylic acids is 1. The van der Waals surface area contributed by atoms with Gasteiger partial charge in [0.2, 0.25) is 5.91 Å². The van der Waals surface area contributed by atoms with Gasteiger partial charge in [0.15, 0.2) is 6.10 Å². The summed E-state index contributed by atoms with van der Waals surface area (Å²) in [4.78, 5) is 25.7. The van der Waals surface area contributed by atoms with Crippen molar-refractivity contribution in [2.75, 3.05) is 26.9 Å². The molecule has 1 saturated heterocycles. The zero-order valence-corrected chi connectivity index (χ0v) is 13.1. The Morgan fingerprint density at radius 2 is 2.40 bits per heavy atom. The summed E-state index contributed by atoms with van der Waals surface area (Å²) in [6.07, 6.45) is -1.06. The van der Waals surface area contributed by atoms with Gasteiger partial charge in [0.25, 0.3) is 0 Å². The van der Waals surface area contributed by atoms with Gasteiger partial charge in [0.1, 0.15) is 12.6 Å². The molecule has 1 N–H and O–H groups in total. The molecule has 2 atom stereocenters. The lowest BCUT2D eigenvalue weighted by molar-refractivity contribution is -0.173. The third kappa shape index (κ3) is 3.20. The van der Waals surface area contributed by atoms with E-state index < -0.39 is 18.1 Å². The van der Waals surface area contributed by atoms with Crippen LogP contribution in [0.3, 0.4) is 0 Å². The second kappa shape index (κ2) is 6.66. The molecule has 1 aliphatic heterocycles. The molecule has 2 rings (SSSR count). The number of aliphatic carboxylic acids is 1. The van der Waals surface area contributed by atoms with Crippen LogP contribution in [0.15, 0.2) is 15.9 Å². The van der Waals surface area contributed by atoms with Gasteiger partial charge in [-0.15, -0.1) is 11.3 Å². The Kier molecular flexibility index (Phi) is 5.14. The average molecular weight is 364 g/mol. The molecule has 0 spiro atoms. The summed E-state index contributed by atoms with van der Waals surface area (Å²) < 4.78 is 11.1. The highest BCUT2D eigenvalue weighted by Crippen LogP contribution is 2.36. The Labute approximate surface area is 128 Å². The lowest BCUT2D eigenvalue weighted by Crippen LogP contribution is -2.52. The number of morpholine rings is 1. The summed E-state index contributed by atoms with van der Waals surface area (Å²) in [5.41, 5.74) is 0. The van der Waals surface area contributed by atoms with Gasteiger partial charge in [0, 0.05) is 18.5 Å². The lowest BCUT2D eigenvalue weighted by Gasteiger charge is -2.38. The smallest absolute Gasteiger partial charge is 0.335 e. The fraction of sp³-hybridized carbons (Fsp3) is 0.500. The number of hydrogen-bond donors (Lipinski definition) is 1. The molecule has 0 radical (unpaired) electrons. The summed E-state index contributed by atoms with van der Waals surface area (Å²) in [5, 5.41) is 9.30. The maximum Gasteiger partial charge on any atom is 0.335 e. The molecule has 0 aromatic carbocycles. The first-order chi connectivity index (χ1) is 9.54. The summed E-state index contributed by atoms with van der Waals surface area (Å²) in [6, 6.07) is 3.00. The van der Waals surface area contributed by atoms with Crippen molar-refractivity contribution in [3.05, 3.63) is 20.8 Å². The van der Waals surface area contributed by atoms with E-state index in [-0.39, 0.29) is 12.5 Å². The number of hydrogen-bond acceptors (Lipinski definition) is 5. The molecule has 1 fully saturated rings. The highest BCUT2D eigenvalue weighted by Gasteiger charge is 2.42. The van der Waals surface area contributed by atoms with E-state index in [1.807, 2.05) is 6.07 Å². The monoisotopic (exact) mass is 363 g/mol. The molecule has 2 heterocycles. The Morgan fingerprint density at radius 3 is 2.95 bits per heavy atom. The van der Waals surface area contributed by atoms with E-state index in [0.29, 0.717) is 13.2 Å². The standard InChI is InChI=1S/C12H14BrNO5S/c1-18-5-4-14-9(15)6-19-11(12(16)17)10(14)7-2-3-8(13)20-7/h2-3,10-11H,4-6H2,1H3,(H,16,17). The maximum absolute atomic E-state index is 12.0. The van der Waals surface area contributed by atoms with Crippen molar-refractivity contribution < 1.29 is 24.2 Å². The molecule has 0 saturated carbocycles. The fourth-order valence-electron chi connectivity index (χ4n) is 2.10. The van der Waals surface area contributed by atoms with Crippen LogP contribution in [0, 0.1) is 0 Å². The van der Waals surface area contributed by atoms with Crippen molar-refractivity contribution in [1.82, 2.24) is 4.90 Å². The van der Waals surface area contributed by atoms with Crippen LogP contribution in [0.5, 0.6) is 0 Å². The molecule has 0 aliphatic carbocycles. The fourth-order valence-corrected chi connectivity index (χ4v) is 3.67. The number of halogens is 1. The van der Waals surface area contributed by atoms with E-state index in [9.17, 15) is 14.7 Å². The third-order valence-corrected chi connectivity index (χ3v) is 4.69. The topological polar surface area (TPSA) is 76.1 Å². The van der Waals surface area contributed by atoms with E-state index in [0.717, 1.165) is 8.66 Å². The van der Waals surface area contributed by atoms with Gasteiger partial charge >= 0.3 is 5.97 Å². The van der Waals surface area contributed by atoms with E-state index in [1.165, 1.54) is 23.3 Å². The molecule has 2 unspecified atom stereocenters. The van der Waals surface area contributed by atoms with Gasteiger partial charge in [-0.25, -0.2) is 4.79 Å². The number of nitrogens with zero attached hydrogens (tertiary/aromatic N) is 1. The highest BCUT2D eigenvalue weighted by atomic mass is 79.9. The minimum absolute atomic E-state index is 0.219. The number of rotatable bonds is 5. The normalized spacial score (nSPS) is 23.1. The van der Waals surface area contributed by atoms with Crippen LogP contribution >= 0.6 is 27.3 Å². The molecule has 8 heteroatoms. The molecule has 1 aromatic rings. The molecule has 1 aliphatic rings. The van der Waals surface area contributed by atoms with Gasteiger partial charge in [-0.05, 0) is 28.1 Å². The Balaban J connectivity index is 2.33. The maximum atomic E-state index is 12.0. The minimum Gasteiger partial charge on any atom is -0.479 e. The number of carboxylic acid groups (broad SMARTS) is 1. The third-order valence-electron chi connectivity index (χ3n) is 2.99. The molecule has 20 heavy (non-hydrogen) atoms. The van der Waals surface area contributed by atoms with Gasteiger partial charge in [0.05, 0.1) is 10.4 Å². The van der Waals surface area contributed by atoms with Crippen molar-refractivity contribution in [2.45, 2.75) is 12.1 Å². The van der Waals surface area contributed by atoms with E-state index in [2.05, 4.69) is 15.9 Å². The summed E-state index contributed by atoms with van der Waals surface area (Å²) >= 11 is 4.74. The first kappa shape index (κ1) is 15.4. The first-order valence-electron chi connectivity index (χ1n) is 5.92. The van der Waals surface area contributed by atoms with Gasteiger partial charge < -0.3 is 19.5 Å². The number of methoxy groups -OCH3 is 1. The summed E-state index contributed by atoms with van der Waals surface area (Å²) in [7, 11) is 1.54. The Hall–Kier alpha value is -0.960. The van der Waals surface area contributed by atoms with E-state index in [4.69, 9.17) is 9.47 Å². The van der Waals surface area contributed by atoms with Gasteiger partial charge in [-0.1, -0.05) is 0 Å². The second-order valence-electron chi connectivity index (χ2n) is 4.24. The zero-order chi connectivity index (χ0) is 14.7. The van der Waals surface area contributed by atoms with Crippen LogP contribution < -0.4 is 0 Å². The van der Waals surface area contributed by atoms with Crippen molar-refractivity contribution in [3.63, 3.8) is 0 Å². The highest BCUT2D eigenvalue weighted by molar-refractivity contribution is 9.11. The SMILES string of the molecule is COCCN1C(=O)COC(C(=O)O)C1c1ccc(Br)s1. The quantitative estimate of drug-likeness (QED) is 0.857. The lowest BCUT2D eigenvalue weighted by atomic mass is 10.1. The average Bonchev–Trinajstić information content (AvgIpc) is 2.83. The van der Waals surface area contributed by atoms with Gasteiger partial charge in [-0.2, -0.15) is 0 Å². The van der Waals surface area contributed by atoms with Crippen LogP contribution in [-0.2, 0) is 19.1 Å². The van der Waals surface area contributed by atoms with Crippen LogP contribution in [0.25, 0.3) is 0 Å². The number of carbonyl (C=O) groups is 2. The predicted molar refractivity (Wildman–Crippen MR) is 75.7 cm³/mol. The molecule has 0 bridgehead atoms. The number of carboxylic acids is 1. The molecular formula is C12H14BrNO5S. The Bertz CT molecular complexity index is 506. The summed E-state index contributed by atoms with van der Waals surface area (Å²) in [5.74, 6) is -1.30. The first-order valence-corrected chi connectivity index (χ1v) is 7.53. The van der Waals surface area contributed by atoms with Crippen molar-refractivity contribution in [3.8, 4) is 0 Å². The van der Waals surface area contributed by atoms with E-state index in [1.54, 1.807) is 6.07 Å². The summed E-state index contributed by atoms with van der Waals surface area (Å²) in [6.45, 7) is 0.466. The van der Waals surface area contributed by atoms with Crippen LogP contribution in [0.2, 0.25) is 0 Å². The largest absolute Gasteiger partial charge is 0.479 e. The molecule has 110 valence electrons. The Morgan fingerprint density at radius 1 is 1.65 bits per heavy atom. The van der Waals surface area contributed by atoms with Gasteiger partial charge in [-0.3, -0.25) is 4.79 Å². The van der Waals surface area contributed by atoms with Crippen LogP contribution in [0.1, 0.15) is 10.9 Å². The van der Waals surface area contributed by atoms with Crippen molar-refractivity contribution >= 4 is 39.1 Å². The number of amides is 1. The zero-order valence-electron chi connectivity index (χ0n) is 10.7. The predicted octanol–water partition coefficient (Wildman–Crippen LogP) is 1.51. The van der Waals surface area contributed by atoms with Crippen LogP contribution in [-0.4, -0.2) is 54.9 Å². The number of thiophene rings is 1. The second-order valence-corrected chi connectivity index (χ2v) is 6.73. The van der Waals surface area contributed by atoms with Crippen LogP contribution in [0.4, 0.5) is 0 Å². The van der Waals surface area contributed by atoms with Crippen molar-refractivity contribution in [2.24, 2.45) is 0 Å². The molecule has 6 nitrogen and oxygen atoms in total.